The van der Waals surface area contributed by atoms with Gasteiger partial charge < -0.3 is 24.4 Å². The molecule has 8 nitrogen and oxygen atoms in total. The van der Waals surface area contributed by atoms with Crippen LogP contribution in [0.2, 0.25) is 0 Å². The van der Waals surface area contributed by atoms with Crippen molar-refractivity contribution in [2.75, 3.05) is 38.6 Å². The van der Waals surface area contributed by atoms with Gasteiger partial charge in [0.15, 0.2) is 5.82 Å². The lowest BCUT2D eigenvalue weighted by Crippen LogP contribution is -3.13. The van der Waals surface area contributed by atoms with E-state index in [0.717, 1.165) is 49.6 Å². The number of nitrogens with one attached hydrogen (secondary N) is 2. The Morgan fingerprint density at radius 3 is 2.61 bits per heavy atom. The molecule has 3 aromatic rings. The molecule has 1 saturated heterocycles. The predicted octanol–water partition coefficient (Wildman–Crippen LogP) is 1.08. The van der Waals surface area contributed by atoms with Gasteiger partial charge in [-0.05, 0) is 30.3 Å². The van der Waals surface area contributed by atoms with Gasteiger partial charge in [0.2, 0.25) is 5.91 Å². The Kier molecular flexibility index (Phi) is 5.90. The summed E-state index contributed by atoms with van der Waals surface area (Å²) in [5.41, 5.74) is 3.04. The Morgan fingerprint density at radius 1 is 1.16 bits per heavy atom. The minimum Gasteiger partial charge on any atom is -0.496 e. The average Bonchev–Trinajstić information content (AvgIpc) is 3.08. The molecule has 2 amide bonds. The number of anilines is 1. The number of benzene rings is 2. The first-order valence-corrected chi connectivity index (χ1v) is 10.4. The van der Waals surface area contributed by atoms with Crippen molar-refractivity contribution in [2.45, 2.75) is 13.5 Å². The third kappa shape index (κ3) is 4.39. The summed E-state index contributed by atoms with van der Waals surface area (Å²) < 4.78 is 7.39. The summed E-state index contributed by atoms with van der Waals surface area (Å²) in [6, 6.07) is 12.9. The molecular formula is C23H28N5O3+. The van der Waals surface area contributed by atoms with E-state index in [-0.39, 0.29) is 11.8 Å². The van der Waals surface area contributed by atoms with Crippen LogP contribution in [0.5, 0.6) is 5.75 Å². The molecule has 0 aliphatic carbocycles. The highest BCUT2D eigenvalue weighted by atomic mass is 16.5. The van der Waals surface area contributed by atoms with E-state index in [1.165, 1.54) is 4.90 Å². The van der Waals surface area contributed by atoms with E-state index in [1.54, 1.807) is 26.2 Å². The summed E-state index contributed by atoms with van der Waals surface area (Å²) in [7, 11) is 3.57. The monoisotopic (exact) mass is 422 g/mol. The van der Waals surface area contributed by atoms with Crippen molar-refractivity contribution in [3.8, 4) is 5.75 Å². The van der Waals surface area contributed by atoms with Gasteiger partial charge in [-0.15, -0.1) is 0 Å². The molecule has 2 aromatic carbocycles. The van der Waals surface area contributed by atoms with E-state index < -0.39 is 0 Å². The van der Waals surface area contributed by atoms with E-state index in [0.29, 0.717) is 17.0 Å². The SMILES string of the molecule is COc1ccccc1C(=O)Nc1ccc2c(c1)nc(C[NH+]1CCN(C(C)=O)CC1)n2C. The maximum Gasteiger partial charge on any atom is 0.259 e. The fourth-order valence-electron chi connectivity index (χ4n) is 4.05. The van der Waals surface area contributed by atoms with E-state index in [2.05, 4.69) is 9.88 Å². The van der Waals surface area contributed by atoms with Crippen molar-refractivity contribution in [1.29, 1.82) is 0 Å². The lowest BCUT2D eigenvalue weighted by atomic mass is 10.2. The number of nitrogens with zero attached hydrogens (tertiary/aromatic N) is 3. The summed E-state index contributed by atoms with van der Waals surface area (Å²) in [5.74, 6) is 1.45. The van der Waals surface area contributed by atoms with E-state index in [9.17, 15) is 9.59 Å². The molecule has 2 heterocycles. The van der Waals surface area contributed by atoms with Crippen LogP contribution in [0, 0.1) is 0 Å². The second-order valence-electron chi connectivity index (χ2n) is 7.88. The number of carbonyl (C=O) groups is 2. The molecule has 0 saturated carbocycles. The van der Waals surface area contributed by atoms with Gasteiger partial charge in [0.1, 0.15) is 12.3 Å². The smallest absolute Gasteiger partial charge is 0.259 e. The van der Waals surface area contributed by atoms with Gasteiger partial charge in [0, 0.05) is 19.7 Å². The number of aryl methyl sites for hydroxylation is 1. The first-order valence-electron chi connectivity index (χ1n) is 10.4. The van der Waals surface area contributed by atoms with Crippen LogP contribution in [0.4, 0.5) is 5.69 Å². The fraction of sp³-hybridized carbons (Fsp3) is 0.348. The van der Waals surface area contributed by atoms with Crippen LogP contribution in [0.1, 0.15) is 23.1 Å². The molecule has 162 valence electrons. The van der Waals surface area contributed by atoms with Gasteiger partial charge in [-0.25, -0.2) is 4.98 Å². The number of amides is 2. The highest BCUT2D eigenvalue weighted by molar-refractivity contribution is 6.06. The summed E-state index contributed by atoms with van der Waals surface area (Å²) in [5, 5.41) is 2.94. The number of carbonyl (C=O) groups excluding carboxylic acids is 2. The Labute approximate surface area is 181 Å². The Bertz CT molecular complexity index is 1120. The normalized spacial score (nSPS) is 14.6. The Morgan fingerprint density at radius 2 is 1.90 bits per heavy atom. The molecule has 0 atom stereocenters. The number of aromatic nitrogens is 2. The van der Waals surface area contributed by atoms with E-state index in [4.69, 9.17) is 9.72 Å². The quantitative estimate of drug-likeness (QED) is 0.645. The topological polar surface area (TPSA) is 80.9 Å². The fourth-order valence-corrected chi connectivity index (χ4v) is 4.05. The first kappa shape index (κ1) is 20.9. The number of hydrogen-bond donors (Lipinski definition) is 2. The molecular weight excluding hydrogens is 394 g/mol. The molecule has 8 heteroatoms. The maximum atomic E-state index is 12.7. The van der Waals surface area contributed by atoms with Crippen molar-refractivity contribution in [3.05, 3.63) is 53.9 Å². The molecule has 0 bridgehead atoms. The van der Waals surface area contributed by atoms with Crippen LogP contribution in [-0.4, -0.2) is 59.6 Å². The van der Waals surface area contributed by atoms with Crippen molar-refractivity contribution < 1.29 is 19.2 Å². The largest absolute Gasteiger partial charge is 0.496 e. The summed E-state index contributed by atoms with van der Waals surface area (Å²) in [6.07, 6.45) is 0. The standard InChI is InChI=1S/C23H27N5O3/c1-16(29)28-12-10-27(11-13-28)15-22-25-19-14-17(8-9-20(19)26(22)2)24-23(30)18-6-4-5-7-21(18)31-3/h4-9,14H,10-13,15H2,1-3H3,(H,24,30)/p+1. The Balaban J connectivity index is 1.49. The highest BCUT2D eigenvalue weighted by Gasteiger charge is 2.23. The van der Waals surface area contributed by atoms with Crippen LogP contribution in [0.3, 0.4) is 0 Å². The third-order valence-electron chi connectivity index (χ3n) is 5.91. The van der Waals surface area contributed by atoms with Crippen LogP contribution in [0.25, 0.3) is 11.0 Å². The number of ether oxygens (including phenoxy) is 1. The van der Waals surface area contributed by atoms with Gasteiger partial charge in [-0.2, -0.15) is 0 Å². The third-order valence-corrected chi connectivity index (χ3v) is 5.91. The van der Waals surface area contributed by atoms with Crippen LogP contribution in [0.15, 0.2) is 42.5 Å². The van der Waals surface area contributed by atoms with Crippen molar-refractivity contribution in [3.63, 3.8) is 0 Å². The second kappa shape index (κ2) is 8.77. The number of imidazole rings is 1. The number of hydrogen-bond acceptors (Lipinski definition) is 4. The molecule has 1 aliphatic rings. The minimum atomic E-state index is -0.222. The van der Waals surface area contributed by atoms with Crippen LogP contribution < -0.4 is 15.0 Å². The van der Waals surface area contributed by atoms with Gasteiger partial charge >= 0.3 is 0 Å². The molecule has 1 aromatic heterocycles. The number of quaternary nitrogens is 1. The van der Waals surface area contributed by atoms with Crippen LogP contribution in [-0.2, 0) is 18.4 Å². The lowest BCUT2D eigenvalue weighted by molar-refractivity contribution is -0.918. The summed E-state index contributed by atoms with van der Waals surface area (Å²) >= 11 is 0. The molecule has 0 unspecified atom stereocenters. The maximum absolute atomic E-state index is 12.7. The van der Waals surface area contributed by atoms with Crippen LogP contribution >= 0.6 is 0 Å². The van der Waals surface area contributed by atoms with Gasteiger partial charge in [0.25, 0.3) is 5.91 Å². The second-order valence-corrected chi connectivity index (χ2v) is 7.88. The number of methoxy groups -OCH3 is 1. The summed E-state index contributed by atoms with van der Waals surface area (Å²) in [6.45, 7) is 5.84. The zero-order chi connectivity index (χ0) is 22.0. The van der Waals surface area contributed by atoms with Gasteiger partial charge in [0.05, 0.1) is 49.9 Å². The zero-order valence-electron chi connectivity index (χ0n) is 18.1. The highest BCUT2D eigenvalue weighted by Crippen LogP contribution is 2.22. The van der Waals surface area contributed by atoms with Crippen molar-refractivity contribution >= 4 is 28.5 Å². The molecule has 0 radical (unpaired) electrons. The zero-order valence-corrected chi connectivity index (χ0v) is 18.1. The van der Waals surface area contributed by atoms with E-state index >= 15 is 0 Å². The number of rotatable bonds is 5. The average molecular weight is 423 g/mol. The van der Waals surface area contributed by atoms with Gasteiger partial charge in [-0.3, -0.25) is 9.59 Å². The van der Waals surface area contributed by atoms with Crippen molar-refractivity contribution in [1.82, 2.24) is 14.5 Å². The minimum absolute atomic E-state index is 0.143. The number of fused-ring (bicyclic) bond motifs is 1. The molecule has 1 fully saturated rings. The number of para-hydroxylation sites is 1. The van der Waals surface area contributed by atoms with E-state index in [1.807, 2.05) is 42.3 Å². The number of piperazine rings is 1. The van der Waals surface area contributed by atoms with Crippen molar-refractivity contribution in [2.24, 2.45) is 7.05 Å². The molecule has 2 N–H and O–H groups in total. The lowest BCUT2D eigenvalue weighted by Gasteiger charge is -2.31. The molecule has 31 heavy (non-hydrogen) atoms. The first-order chi connectivity index (χ1) is 15.0. The molecule has 4 rings (SSSR count). The molecule has 0 spiro atoms. The summed E-state index contributed by atoms with van der Waals surface area (Å²) in [4.78, 5) is 32.4. The molecule has 1 aliphatic heterocycles. The Hall–Kier alpha value is -3.39. The van der Waals surface area contributed by atoms with Gasteiger partial charge in [-0.1, -0.05) is 12.1 Å². The predicted molar refractivity (Wildman–Crippen MR) is 118 cm³/mol.